The van der Waals surface area contributed by atoms with Gasteiger partial charge < -0.3 is 30.7 Å². The Morgan fingerprint density at radius 2 is 1.78 bits per heavy atom. The molecule has 1 aliphatic rings. The Hall–Kier alpha value is -2.82. The number of alkyl halides is 1. The van der Waals surface area contributed by atoms with Crippen molar-refractivity contribution in [2.24, 2.45) is 17.8 Å². The smallest absolute Gasteiger partial charge is 0.407 e. The lowest BCUT2D eigenvalue weighted by Crippen LogP contribution is -2.56. The van der Waals surface area contributed by atoms with Gasteiger partial charge in [-0.3, -0.25) is 14.4 Å². The van der Waals surface area contributed by atoms with Crippen LogP contribution in [0.25, 0.3) is 0 Å². The van der Waals surface area contributed by atoms with E-state index >= 15 is 0 Å². The molecule has 210 valence electrons. The predicted molar refractivity (Wildman–Crippen MR) is 139 cm³/mol. The molecule has 0 unspecified atom stereocenters. The quantitative estimate of drug-likeness (QED) is 0.139. The number of ether oxygens (including phenoxy) is 2. The molecule has 1 saturated heterocycles. The van der Waals surface area contributed by atoms with Crippen LogP contribution in [0.15, 0.2) is 12.2 Å². The van der Waals surface area contributed by atoms with E-state index < -0.39 is 42.0 Å². The van der Waals surface area contributed by atoms with Crippen molar-refractivity contribution in [1.82, 2.24) is 21.3 Å². The van der Waals surface area contributed by atoms with E-state index in [1.54, 1.807) is 20.8 Å². The lowest BCUT2D eigenvalue weighted by molar-refractivity contribution is -0.137. The minimum Gasteiger partial charge on any atom is -0.463 e. The van der Waals surface area contributed by atoms with Crippen molar-refractivity contribution in [2.75, 3.05) is 25.6 Å². The Morgan fingerprint density at radius 3 is 2.32 bits per heavy atom. The van der Waals surface area contributed by atoms with Gasteiger partial charge in [0.1, 0.15) is 18.7 Å². The fourth-order valence-electron chi connectivity index (χ4n) is 3.83. The fraction of sp³-hybridized carbons (Fsp3) is 0.720. The summed E-state index contributed by atoms with van der Waals surface area (Å²) in [5.41, 5.74) is 0. The predicted octanol–water partition coefficient (Wildman–Crippen LogP) is 1.64. The Kier molecular flexibility index (Phi) is 14.7. The maximum absolute atomic E-state index is 13.3. The molecule has 1 rings (SSSR count). The summed E-state index contributed by atoms with van der Waals surface area (Å²) in [6.45, 7) is 9.78. The molecule has 4 atom stereocenters. The summed E-state index contributed by atoms with van der Waals surface area (Å²) in [5, 5.41) is 10.9. The number of rotatable bonds is 15. The topological polar surface area (TPSA) is 152 Å². The summed E-state index contributed by atoms with van der Waals surface area (Å²) in [6, 6.07) is -2.49. The van der Waals surface area contributed by atoms with E-state index in [0.717, 1.165) is 0 Å². The maximum Gasteiger partial charge on any atom is 0.407 e. The summed E-state index contributed by atoms with van der Waals surface area (Å²) in [7, 11) is 0. The molecule has 1 heterocycles. The van der Waals surface area contributed by atoms with E-state index in [4.69, 9.17) is 21.1 Å². The molecule has 4 N–H and O–H groups in total. The number of alkyl carbamates (subject to hydrolysis) is 1. The first-order chi connectivity index (χ1) is 17.5. The molecular weight excluding hydrogens is 504 g/mol. The molecule has 0 spiro atoms. The van der Waals surface area contributed by atoms with Crippen molar-refractivity contribution in [3.05, 3.63) is 12.2 Å². The van der Waals surface area contributed by atoms with Crippen LogP contribution < -0.4 is 21.3 Å². The van der Waals surface area contributed by atoms with Gasteiger partial charge in [0, 0.05) is 24.6 Å². The average Bonchev–Trinajstić information content (AvgIpc) is 3.22. The Bertz CT molecular complexity index is 819. The van der Waals surface area contributed by atoms with Gasteiger partial charge >= 0.3 is 12.1 Å². The van der Waals surface area contributed by atoms with Crippen LogP contribution in [0.1, 0.15) is 53.9 Å². The van der Waals surface area contributed by atoms with E-state index in [2.05, 4.69) is 21.3 Å². The van der Waals surface area contributed by atoms with Crippen LogP contribution >= 0.6 is 11.6 Å². The van der Waals surface area contributed by atoms with Gasteiger partial charge in [-0.05, 0) is 38.0 Å². The van der Waals surface area contributed by atoms with E-state index in [1.807, 2.05) is 13.8 Å². The number of carbonyl (C=O) groups excluding carboxylic acids is 5. The van der Waals surface area contributed by atoms with Crippen molar-refractivity contribution in [2.45, 2.75) is 72.0 Å². The second kappa shape index (κ2) is 16.8. The number of amides is 4. The third kappa shape index (κ3) is 12.3. The molecule has 1 fully saturated rings. The van der Waals surface area contributed by atoms with Gasteiger partial charge in [0.25, 0.3) is 0 Å². The molecule has 12 heteroatoms. The average molecular weight is 545 g/mol. The highest BCUT2D eigenvalue weighted by molar-refractivity contribution is 6.18. The van der Waals surface area contributed by atoms with Gasteiger partial charge in [-0.2, -0.15) is 0 Å². The van der Waals surface area contributed by atoms with Crippen molar-refractivity contribution in [3.63, 3.8) is 0 Å². The number of hydrogen-bond donors (Lipinski definition) is 4. The number of halogens is 1. The zero-order valence-corrected chi connectivity index (χ0v) is 23.1. The minimum absolute atomic E-state index is 0.00206. The molecule has 0 radical (unpaired) electrons. The van der Waals surface area contributed by atoms with Crippen LogP contribution in [0.5, 0.6) is 0 Å². The largest absolute Gasteiger partial charge is 0.463 e. The highest BCUT2D eigenvalue weighted by atomic mass is 35.5. The molecule has 0 aliphatic carbocycles. The summed E-state index contributed by atoms with van der Waals surface area (Å²) in [4.78, 5) is 62.3. The Labute approximate surface area is 223 Å². The van der Waals surface area contributed by atoms with Gasteiger partial charge in [-0.15, -0.1) is 11.6 Å². The van der Waals surface area contributed by atoms with Crippen LogP contribution in [0.2, 0.25) is 0 Å². The number of carbonyl (C=O) groups is 5. The molecule has 0 aromatic heterocycles. The molecule has 0 aromatic rings. The van der Waals surface area contributed by atoms with Crippen molar-refractivity contribution >= 4 is 41.4 Å². The van der Waals surface area contributed by atoms with Crippen LogP contribution in [-0.4, -0.2) is 73.5 Å². The van der Waals surface area contributed by atoms with E-state index in [-0.39, 0.29) is 42.8 Å². The van der Waals surface area contributed by atoms with E-state index in [9.17, 15) is 24.0 Å². The maximum atomic E-state index is 13.3. The summed E-state index contributed by atoms with van der Waals surface area (Å²) in [5.74, 6) is -2.09. The van der Waals surface area contributed by atoms with Gasteiger partial charge in [0.2, 0.25) is 17.7 Å². The molecule has 37 heavy (non-hydrogen) atoms. The number of esters is 1. The minimum atomic E-state index is -0.938. The fourth-order valence-corrected chi connectivity index (χ4v) is 3.91. The van der Waals surface area contributed by atoms with Gasteiger partial charge in [-0.25, -0.2) is 9.59 Å². The van der Waals surface area contributed by atoms with Crippen molar-refractivity contribution < 1.29 is 33.4 Å². The zero-order chi connectivity index (χ0) is 28.0. The molecule has 0 bridgehead atoms. The zero-order valence-electron chi connectivity index (χ0n) is 22.3. The summed E-state index contributed by atoms with van der Waals surface area (Å²) in [6.07, 6.45) is 3.18. The third-order valence-electron chi connectivity index (χ3n) is 5.65. The van der Waals surface area contributed by atoms with Gasteiger partial charge in [-0.1, -0.05) is 33.8 Å². The van der Waals surface area contributed by atoms with Crippen molar-refractivity contribution in [1.29, 1.82) is 0 Å². The van der Waals surface area contributed by atoms with Crippen LogP contribution in [0.3, 0.4) is 0 Å². The monoisotopic (exact) mass is 544 g/mol. The second-order valence-electron chi connectivity index (χ2n) is 9.62. The van der Waals surface area contributed by atoms with Gasteiger partial charge in [0.15, 0.2) is 0 Å². The molecule has 11 nitrogen and oxygen atoms in total. The Balaban J connectivity index is 3.01. The lowest BCUT2D eigenvalue weighted by Gasteiger charge is -2.27. The number of nitrogens with one attached hydrogen (secondary N) is 4. The highest BCUT2D eigenvalue weighted by Gasteiger charge is 2.32. The molecule has 4 amide bonds. The summed E-state index contributed by atoms with van der Waals surface area (Å²) >= 11 is 5.54. The van der Waals surface area contributed by atoms with E-state index in [0.29, 0.717) is 25.8 Å². The molecular formula is C25H41ClN4O7. The van der Waals surface area contributed by atoms with Crippen LogP contribution in [0, 0.1) is 17.8 Å². The first-order valence-corrected chi connectivity index (χ1v) is 13.2. The summed E-state index contributed by atoms with van der Waals surface area (Å²) < 4.78 is 9.83. The highest BCUT2D eigenvalue weighted by Crippen LogP contribution is 2.17. The second-order valence-corrected chi connectivity index (χ2v) is 10.00. The van der Waals surface area contributed by atoms with E-state index in [1.165, 1.54) is 12.2 Å². The molecule has 0 aromatic carbocycles. The van der Waals surface area contributed by atoms with Crippen molar-refractivity contribution in [3.8, 4) is 0 Å². The molecule has 1 aliphatic heterocycles. The van der Waals surface area contributed by atoms with Crippen LogP contribution in [0.4, 0.5) is 4.79 Å². The first-order valence-electron chi connectivity index (χ1n) is 12.7. The lowest BCUT2D eigenvalue weighted by atomic mass is 9.96. The first kappa shape index (κ1) is 32.2. The molecule has 0 saturated carbocycles. The SMILES string of the molecule is CCOC(=O)C=C[C@H](C[C@@H]1CCNC1=O)NC(=O)[C@H](CC(C)C)NC(=O)[C@@H](NC(=O)OCCCl)C(C)C. The van der Waals surface area contributed by atoms with Crippen LogP contribution in [-0.2, 0) is 28.7 Å². The number of hydrogen-bond acceptors (Lipinski definition) is 7. The Morgan fingerprint density at radius 1 is 1.08 bits per heavy atom. The normalized spacial score (nSPS) is 17.7. The third-order valence-corrected chi connectivity index (χ3v) is 5.81. The standard InChI is InChI=1S/C25H41ClN4O7/c1-6-36-20(31)8-7-18(14-17-9-11-27-22(17)32)28-23(33)19(13-15(2)3)29-24(34)21(16(4)5)30-25(35)37-12-10-26/h7-8,15-19,21H,6,9-14H2,1-5H3,(H,27,32)(H,28,33)(H,29,34)(H,30,35)/t17-,18+,19-,21-/m0/s1. The van der Waals surface area contributed by atoms with Gasteiger partial charge in [0.05, 0.1) is 12.5 Å².